The Bertz CT molecular complexity index is 1170. The normalized spacial score (nSPS) is 12.7. The van der Waals surface area contributed by atoms with Gasteiger partial charge in [-0.25, -0.2) is 0 Å². The fourth-order valence-corrected chi connectivity index (χ4v) is 4.08. The van der Waals surface area contributed by atoms with Crippen LogP contribution in [-0.4, -0.2) is 0 Å². The second-order valence-corrected chi connectivity index (χ2v) is 7.54. The molecule has 0 fully saturated rings. The average molecular weight is 362 g/mol. The molecule has 0 amide bonds. The van der Waals surface area contributed by atoms with E-state index in [0.717, 1.165) is 12.2 Å². The molecule has 136 valence electrons. The number of allylic oxidation sites excluding steroid dienone is 1. The zero-order chi connectivity index (χ0) is 19.1. The van der Waals surface area contributed by atoms with E-state index < -0.39 is 0 Å². The first kappa shape index (κ1) is 16.8. The van der Waals surface area contributed by atoms with E-state index in [1.54, 1.807) is 0 Å². The molecule has 0 saturated heterocycles. The maximum absolute atomic E-state index is 5.85. The summed E-state index contributed by atoms with van der Waals surface area (Å²) in [4.78, 5) is 0. The Morgan fingerprint density at radius 3 is 2.14 bits per heavy atom. The lowest BCUT2D eigenvalue weighted by Crippen LogP contribution is -1.91. The molecule has 1 heteroatoms. The number of hydrogen-bond donors (Lipinski definition) is 0. The predicted molar refractivity (Wildman–Crippen MR) is 117 cm³/mol. The molecule has 4 aromatic rings. The minimum Gasteiger partial charge on any atom is -0.464 e. The molecule has 0 N–H and O–H groups in total. The molecule has 1 aliphatic rings. The van der Waals surface area contributed by atoms with Crippen molar-refractivity contribution in [2.45, 2.75) is 20.3 Å². The van der Waals surface area contributed by atoms with Crippen LogP contribution in [0.4, 0.5) is 0 Å². The molecule has 28 heavy (non-hydrogen) atoms. The van der Waals surface area contributed by atoms with Crippen LogP contribution in [0.2, 0.25) is 0 Å². The molecule has 1 aliphatic carbocycles. The van der Waals surface area contributed by atoms with Crippen molar-refractivity contribution in [2.24, 2.45) is 0 Å². The molecule has 0 atom stereocenters. The van der Waals surface area contributed by atoms with Crippen LogP contribution in [0.25, 0.3) is 33.9 Å². The zero-order valence-corrected chi connectivity index (χ0v) is 16.2. The summed E-state index contributed by atoms with van der Waals surface area (Å²) in [5.41, 5.74) is 11.5. The highest BCUT2D eigenvalue weighted by Gasteiger charge is 2.21. The second-order valence-electron chi connectivity index (χ2n) is 7.54. The second kappa shape index (κ2) is 6.69. The lowest BCUT2D eigenvalue weighted by atomic mass is 9.94. The Morgan fingerprint density at radius 2 is 1.43 bits per heavy atom. The van der Waals surface area contributed by atoms with Crippen LogP contribution in [0.5, 0.6) is 0 Å². The van der Waals surface area contributed by atoms with Gasteiger partial charge in [0.1, 0.15) is 5.76 Å². The van der Waals surface area contributed by atoms with Crippen molar-refractivity contribution in [2.75, 3.05) is 0 Å². The third-order valence-electron chi connectivity index (χ3n) is 5.79. The summed E-state index contributed by atoms with van der Waals surface area (Å²) in [6.45, 7) is 4.24. The van der Waals surface area contributed by atoms with Crippen molar-refractivity contribution in [3.63, 3.8) is 0 Å². The van der Waals surface area contributed by atoms with E-state index >= 15 is 0 Å². The van der Waals surface area contributed by atoms with E-state index in [1.807, 2.05) is 6.26 Å². The highest BCUT2D eigenvalue weighted by atomic mass is 16.3. The highest BCUT2D eigenvalue weighted by Crippen LogP contribution is 2.39. The monoisotopic (exact) mass is 362 g/mol. The van der Waals surface area contributed by atoms with Crippen molar-refractivity contribution < 1.29 is 4.42 Å². The Balaban J connectivity index is 1.49. The summed E-state index contributed by atoms with van der Waals surface area (Å²) in [6.07, 6.45) is 5.06. The Labute approximate surface area is 166 Å². The smallest absolute Gasteiger partial charge is 0.133 e. The first-order valence-electron chi connectivity index (χ1n) is 9.74. The Kier molecular flexibility index (Phi) is 4.02. The van der Waals surface area contributed by atoms with E-state index in [-0.39, 0.29) is 0 Å². The van der Waals surface area contributed by atoms with E-state index in [2.05, 4.69) is 92.7 Å². The number of hydrogen-bond acceptors (Lipinski definition) is 1. The van der Waals surface area contributed by atoms with Crippen molar-refractivity contribution in [1.82, 2.24) is 0 Å². The molecule has 1 heterocycles. The maximum atomic E-state index is 5.85. The minimum atomic E-state index is 0.916. The van der Waals surface area contributed by atoms with Gasteiger partial charge in [0.25, 0.3) is 0 Å². The van der Waals surface area contributed by atoms with Crippen LogP contribution in [0.15, 0.2) is 83.5 Å². The molecular formula is C27H22O. The molecular weight excluding hydrogens is 340 g/mol. The number of fused-ring (bicyclic) bond motifs is 1. The molecule has 3 aromatic carbocycles. The van der Waals surface area contributed by atoms with Crippen LogP contribution in [0.3, 0.4) is 0 Å². The van der Waals surface area contributed by atoms with Gasteiger partial charge >= 0.3 is 0 Å². The van der Waals surface area contributed by atoms with Gasteiger partial charge in [0.15, 0.2) is 0 Å². The molecule has 1 nitrogen and oxygen atoms in total. The fourth-order valence-electron chi connectivity index (χ4n) is 4.08. The molecule has 0 bridgehead atoms. The van der Waals surface area contributed by atoms with Crippen LogP contribution < -0.4 is 0 Å². The van der Waals surface area contributed by atoms with Crippen LogP contribution in [0, 0.1) is 13.8 Å². The van der Waals surface area contributed by atoms with Gasteiger partial charge in [-0.2, -0.15) is 0 Å². The predicted octanol–water partition coefficient (Wildman–Crippen LogP) is 7.33. The van der Waals surface area contributed by atoms with E-state index in [1.165, 1.54) is 50.1 Å². The summed E-state index contributed by atoms with van der Waals surface area (Å²) in [5.74, 6) is 1.03. The largest absolute Gasteiger partial charge is 0.464 e. The topological polar surface area (TPSA) is 13.1 Å². The Hall–Kier alpha value is -3.32. The van der Waals surface area contributed by atoms with Gasteiger partial charge in [0, 0.05) is 12.0 Å². The average Bonchev–Trinajstić information content (AvgIpc) is 3.32. The number of rotatable bonds is 3. The molecule has 0 radical (unpaired) electrons. The molecule has 1 aromatic heterocycles. The summed E-state index contributed by atoms with van der Waals surface area (Å²) >= 11 is 0. The summed E-state index contributed by atoms with van der Waals surface area (Å²) < 4.78 is 5.85. The van der Waals surface area contributed by atoms with E-state index in [9.17, 15) is 0 Å². The van der Waals surface area contributed by atoms with Crippen molar-refractivity contribution in [1.29, 1.82) is 0 Å². The number of aryl methyl sites for hydroxylation is 1. The molecule has 0 unspecified atom stereocenters. The van der Waals surface area contributed by atoms with Gasteiger partial charge < -0.3 is 4.42 Å². The minimum absolute atomic E-state index is 0.916. The number of benzene rings is 3. The lowest BCUT2D eigenvalue weighted by molar-refractivity contribution is 0.548. The van der Waals surface area contributed by atoms with E-state index in [0.29, 0.717) is 0 Å². The lowest BCUT2D eigenvalue weighted by Gasteiger charge is -2.10. The van der Waals surface area contributed by atoms with Gasteiger partial charge in [0.05, 0.1) is 6.26 Å². The third-order valence-corrected chi connectivity index (χ3v) is 5.79. The van der Waals surface area contributed by atoms with Crippen LogP contribution in [-0.2, 0) is 6.42 Å². The first-order chi connectivity index (χ1) is 13.7. The summed E-state index contributed by atoms with van der Waals surface area (Å²) in [5, 5.41) is 0. The molecule has 0 spiro atoms. The quantitative estimate of drug-likeness (QED) is 0.372. The standard InChI is InChI=1S/C27H22O/c1-18-17-28-27(19(18)2)24-15-23-9-6-10-25(26(23)16-24)22-13-11-21(12-14-22)20-7-4-3-5-8-20/h3-15,17H,16H2,1-2H3. The van der Waals surface area contributed by atoms with Crippen molar-refractivity contribution in [3.05, 3.63) is 107 Å². The molecule has 0 aliphatic heterocycles. The SMILES string of the molecule is Cc1coc(C2=Cc3cccc(-c4ccc(-c5ccccc5)cc4)c3C2)c1C. The third kappa shape index (κ3) is 2.80. The van der Waals surface area contributed by atoms with Gasteiger partial charge in [-0.3, -0.25) is 0 Å². The van der Waals surface area contributed by atoms with Gasteiger partial charge in [-0.05, 0) is 64.4 Å². The summed E-state index contributed by atoms with van der Waals surface area (Å²) in [6, 6.07) is 26.0. The fraction of sp³-hybridized carbons (Fsp3) is 0.111. The van der Waals surface area contributed by atoms with Crippen molar-refractivity contribution in [3.8, 4) is 22.3 Å². The van der Waals surface area contributed by atoms with Crippen molar-refractivity contribution >= 4 is 11.6 Å². The first-order valence-corrected chi connectivity index (χ1v) is 9.74. The molecule has 5 rings (SSSR count). The van der Waals surface area contributed by atoms with E-state index in [4.69, 9.17) is 4.42 Å². The number of furan rings is 1. The maximum Gasteiger partial charge on any atom is 0.133 e. The van der Waals surface area contributed by atoms with Gasteiger partial charge in [-0.15, -0.1) is 0 Å². The van der Waals surface area contributed by atoms with Gasteiger partial charge in [-0.1, -0.05) is 72.8 Å². The highest BCUT2D eigenvalue weighted by molar-refractivity contribution is 5.91. The Morgan fingerprint density at radius 1 is 0.714 bits per heavy atom. The van der Waals surface area contributed by atoms with Crippen LogP contribution >= 0.6 is 0 Å². The molecule has 0 saturated carbocycles. The summed E-state index contributed by atoms with van der Waals surface area (Å²) in [7, 11) is 0. The van der Waals surface area contributed by atoms with Gasteiger partial charge in [0.2, 0.25) is 0 Å². The van der Waals surface area contributed by atoms with Crippen LogP contribution in [0.1, 0.15) is 28.0 Å². The zero-order valence-electron chi connectivity index (χ0n) is 16.2.